The topological polar surface area (TPSA) is 47.3 Å². The van der Waals surface area contributed by atoms with Crippen LogP contribution in [0.1, 0.15) is 37.5 Å². The van der Waals surface area contributed by atoms with Gasteiger partial charge in [-0.3, -0.25) is 0 Å². The van der Waals surface area contributed by atoms with Gasteiger partial charge in [0.2, 0.25) is 0 Å². The molecule has 0 saturated heterocycles. The van der Waals surface area contributed by atoms with Gasteiger partial charge in [-0.1, -0.05) is 0 Å². The lowest BCUT2D eigenvalue weighted by molar-refractivity contribution is 0.199. The zero-order chi connectivity index (χ0) is 13.9. The number of aryl methyl sites for hydroxylation is 1. The molecule has 0 amide bonds. The fraction of sp³-hybridized carbons (Fsp3) is 0.500. The summed E-state index contributed by atoms with van der Waals surface area (Å²) in [4.78, 5) is 1.90. The minimum absolute atomic E-state index is 0.0114. The van der Waals surface area contributed by atoms with Crippen LogP contribution in [-0.2, 0) is 0 Å². The number of hydrogen-bond donors (Lipinski definition) is 1. The molecule has 1 aromatic rings. The van der Waals surface area contributed by atoms with Gasteiger partial charge in [0.15, 0.2) is 0 Å². The van der Waals surface area contributed by atoms with E-state index in [4.69, 9.17) is 5.26 Å². The van der Waals surface area contributed by atoms with Crippen molar-refractivity contribution in [2.24, 2.45) is 0 Å². The molecular weight excluding hydrogens is 231 g/mol. The normalized spacial score (nSPS) is 13.8. The third kappa shape index (κ3) is 2.99. The molecule has 0 heterocycles. The molecule has 1 unspecified atom stereocenters. The molecule has 1 N–H and O–H groups in total. The molecule has 0 spiro atoms. The van der Waals surface area contributed by atoms with Crippen molar-refractivity contribution in [2.45, 2.75) is 39.3 Å². The Morgan fingerprint density at radius 3 is 2.56 bits per heavy atom. The number of aliphatic hydroxyl groups is 1. The second-order valence-electron chi connectivity index (χ2n) is 4.66. The van der Waals surface area contributed by atoms with Gasteiger partial charge in [0.25, 0.3) is 0 Å². The Kier molecular flexibility index (Phi) is 4.69. The van der Waals surface area contributed by atoms with Gasteiger partial charge in [0.1, 0.15) is 5.82 Å². The lowest BCUT2D eigenvalue weighted by Crippen LogP contribution is -2.29. The van der Waals surface area contributed by atoms with Crippen LogP contribution in [0.5, 0.6) is 0 Å². The first kappa shape index (κ1) is 14.5. The third-order valence-electron chi connectivity index (χ3n) is 3.19. The predicted molar refractivity (Wildman–Crippen MR) is 69.9 cm³/mol. The van der Waals surface area contributed by atoms with Crippen LogP contribution in [0, 0.1) is 24.1 Å². The number of halogens is 1. The van der Waals surface area contributed by atoms with Crippen LogP contribution in [0.3, 0.4) is 0 Å². The van der Waals surface area contributed by atoms with Gasteiger partial charge in [-0.05, 0) is 38.5 Å². The Bertz CT molecular complexity index is 466. The van der Waals surface area contributed by atoms with Gasteiger partial charge in [-0.2, -0.15) is 5.26 Å². The third-order valence-corrected chi connectivity index (χ3v) is 3.19. The summed E-state index contributed by atoms with van der Waals surface area (Å²) < 4.78 is 13.6. The zero-order valence-electron chi connectivity index (χ0n) is 11.2. The zero-order valence-corrected chi connectivity index (χ0v) is 11.2. The second kappa shape index (κ2) is 5.83. The Morgan fingerprint density at radius 1 is 1.44 bits per heavy atom. The summed E-state index contributed by atoms with van der Waals surface area (Å²) in [6, 6.07) is 5.21. The van der Waals surface area contributed by atoms with Crippen molar-refractivity contribution >= 4 is 5.69 Å². The molecule has 0 saturated carbocycles. The monoisotopic (exact) mass is 250 g/mol. The van der Waals surface area contributed by atoms with E-state index in [0.29, 0.717) is 17.5 Å². The molecule has 3 nitrogen and oxygen atoms in total. The average molecular weight is 250 g/mol. The van der Waals surface area contributed by atoms with Gasteiger partial charge in [-0.15, -0.1) is 0 Å². The van der Waals surface area contributed by atoms with Crippen LogP contribution < -0.4 is 4.90 Å². The van der Waals surface area contributed by atoms with Crippen molar-refractivity contribution in [1.29, 1.82) is 5.26 Å². The molecule has 1 aromatic carbocycles. The van der Waals surface area contributed by atoms with Gasteiger partial charge in [-0.25, -0.2) is 4.39 Å². The number of nitrogens with zero attached hydrogens (tertiary/aromatic N) is 2. The minimum atomic E-state index is -0.744. The number of aliphatic hydroxyl groups excluding tert-OH is 1. The van der Waals surface area contributed by atoms with Crippen LogP contribution in [0.25, 0.3) is 0 Å². The maximum Gasteiger partial charge on any atom is 0.126 e. The maximum absolute atomic E-state index is 13.6. The summed E-state index contributed by atoms with van der Waals surface area (Å²) in [5.41, 5.74) is 1.85. The number of nitriles is 1. The molecular formula is C14H19FN2O. The average Bonchev–Trinajstić information content (AvgIpc) is 2.31. The first-order valence-electron chi connectivity index (χ1n) is 5.96. The second-order valence-corrected chi connectivity index (χ2v) is 4.66. The summed E-state index contributed by atoms with van der Waals surface area (Å²) in [6.07, 6.45) is -0.363. The molecule has 0 aliphatic carbocycles. The Morgan fingerprint density at radius 2 is 2.06 bits per heavy atom. The van der Waals surface area contributed by atoms with E-state index in [9.17, 15) is 9.50 Å². The molecule has 1 rings (SSSR count). The van der Waals surface area contributed by atoms with Crippen molar-refractivity contribution < 1.29 is 9.50 Å². The fourth-order valence-electron chi connectivity index (χ4n) is 1.83. The number of benzene rings is 1. The van der Waals surface area contributed by atoms with Gasteiger partial charge in [0.05, 0.1) is 18.6 Å². The quantitative estimate of drug-likeness (QED) is 0.893. The Balaban J connectivity index is 3.22. The van der Waals surface area contributed by atoms with E-state index >= 15 is 0 Å². The molecule has 0 aliphatic rings. The molecule has 0 radical (unpaired) electrons. The lowest BCUT2D eigenvalue weighted by Gasteiger charge is -2.29. The summed E-state index contributed by atoms with van der Waals surface area (Å²) in [5, 5.41) is 18.4. The summed E-state index contributed by atoms with van der Waals surface area (Å²) in [5.74, 6) is -0.323. The highest BCUT2D eigenvalue weighted by Crippen LogP contribution is 2.30. The van der Waals surface area contributed by atoms with E-state index in [1.807, 2.05) is 18.9 Å². The van der Waals surface area contributed by atoms with Gasteiger partial charge in [0, 0.05) is 24.3 Å². The highest BCUT2D eigenvalue weighted by Gasteiger charge is 2.18. The Labute approximate surface area is 107 Å². The van der Waals surface area contributed by atoms with Gasteiger partial charge < -0.3 is 10.0 Å². The first-order chi connectivity index (χ1) is 8.38. The summed E-state index contributed by atoms with van der Waals surface area (Å²) in [6.45, 7) is 5.22. The highest BCUT2D eigenvalue weighted by molar-refractivity contribution is 5.57. The van der Waals surface area contributed by atoms with E-state index in [1.54, 1.807) is 19.9 Å². The van der Waals surface area contributed by atoms with E-state index < -0.39 is 6.10 Å². The van der Waals surface area contributed by atoms with Crippen LogP contribution >= 0.6 is 0 Å². The largest absolute Gasteiger partial charge is 0.389 e. The molecule has 0 aliphatic heterocycles. The SMILES string of the molecule is Cc1cc(N(C)C(C)CC#N)c([C@@H](C)O)cc1F. The maximum atomic E-state index is 13.6. The van der Waals surface area contributed by atoms with Crippen LogP contribution in [0.15, 0.2) is 12.1 Å². The van der Waals surface area contributed by atoms with Crippen LogP contribution in [0.4, 0.5) is 10.1 Å². The summed E-state index contributed by atoms with van der Waals surface area (Å²) in [7, 11) is 1.85. The van der Waals surface area contributed by atoms with Crippen molar-refractivity contribution in [1.82, 2.24) is 0 Å². The predicted octanol–water partition coefficient (Wildman–Crippen LogP) is 2.93. The van der Waals surface area contributed by atoms with Crippen molar-refractivity contribution in [2.75, 3.05) is 11.9 Å². The van der Waals surface area contributed by atoms with E-state index in [1.165, 1.54) is 6.07 Å². The molecule has 98 valence electrons. The summed E-state index contributed by atoms with van der Waals surface area (Å²) >= 11 is 0. The lowest BCUT2D eigenvalue weighted by atomic mass is 10.0. The number of hydrogen-bond acceptors (Lipinski definition) is 3. The smallest absolute Gasteiger partial charge is 0.126 e. The van der Waals surface area contributed by atoms with Gasteiger partial charge >= 0.3 is 0 Å². The Hall–Kier alpha value is -1.60. The van der Waals surface area contributed by atoms with Crippen LogP contribution in [0.2, 0.25) is 0 Å². The van der Waals surface area contributed by atoms with E-state index in [-0.39, 0.29) is 11.9 Å². The molecule has 0 bridgehead atoms. The molecule has 4 heteroatoms. The van der Waals surface area contributed by atoms with Crippen molar-refractivity contribution in [3.05, 3.63) is 29.1 Å². The standard InChI is InChI=1S/C14H19FN2O/c1-9-7-14(17(4)10(2)5-6-16)12(11(3)18)8-13(9)15/h7-8,10-11,18H,5H2,1-4H3/t10?,11-/m1/s1. The highest BCUT2D eigenvalue weighted by atomic mass is 19.1. The molecule has 2 atom stereocenters. The number of rotatable bonds is 4. The van der Waals surface area contributed by atoms with E-state index in [2.05, 4.69) is 6.07 Å². The molecule has 18 heavy (non-hydrogen) atoms. The van der Waals surface area contributed by atoms with Crippen molar-refractivity contribution in [3.63, 3.8) is 0 Å². The van der Waals surface area contributed by atoms with E-state index in [0.717, 1.165) is 5.69 Å². The fourth-order valence-corrected chi connectivity index (χ4v) is 1.83. The van der Waals surface area contributed by atoms with Crippen molar-refractivity contribution in [3.8, 4) is 6.07 Å². The molecule has 0 fully saturated rings. The minimum Gasteiger partial charge on any atom is -0.389 e. The number of anilines is 1. The molecule has 0 aromatic heterocycles. The van der Waals surface area contributed by atoms with Crippen LogP contribution in [-0.4, -0.2) is 18.2 Å². The first-order valence-corrected chi connectivity index (χ1v) is 5.96.